The third-order valence-corrected chi connectivity index (χ3v) is 10.4. The number of esters is 3. The van der Waals surface area contributed by atoms with Crippen molar-refractivity contribution in [1.29, 1.82) is 0 Å². The number of hydrogen-bond acceptors (Lipinski definition) is 14. The highest BCUT2D eigenvalue weighted by atomic mass is 16.7. The topological polar surface area (TPSA) is 285 Å². The number of aliphatic hydroxyl groups is 3. The number of aliphatic imine (C=N–C) groups is 1. The van der Waals surface area contributed by atoms with Crippen LogP contribution in [0, 0.1) is 36.5 Å². The smallest absolute Gasteiger partial charge is 0.326 e. The number of aromatic nitrogens is 2. The maximum absolute atomic E-state index is 13.0. The van der Waals surface area contributed by atoms with Crippen LogP contribution in [-0.4, -0.2) is 105 Å². The van der Waals surface area contributed by atoms with Crippen LogP contribution < -0.4 is 22.5 Å². The van der Waals surface area contributed by atoms with E-state index in [1.54, 1.807) is 0 Å². The van der Waals surface area contributed by atoms with Crippen LogP contribution in [0.5, 0.6) is 0 Å². The number of aliphatic hydroxyl groups excluding tert-OH is 3. The molecular weight excluding hydrogens is 666 g/mol. The van der Waals surface area contributed by atoms with Gasteiger partial charge in [0.05, 0.1) is 49.0 Å². The van der Waals surface area contributed by atoms with E-state index in [4.69, 9.17) is 31.4 Å². The molecule has 282 valence electrons. The third-order valence-electron chi connectivity index (χ3n) is 10.4. The molecule has 3 aliphatic carbocycles. The van der Waals surface area contributed by atoms with Crippen molar-refractivity contribution in [3.05, 3.63) is 29.4 Å². The molecule has 0 saturated heterocycles. The summed E-state index contributed by atoms with van der Waals surface area (Å²) in [6.45, 7) is 6.12. The molecule has 4 rings (SSSR count). The van der Waals surface area contributed by atoms with Crippen LogP contribution in [0.4, 0.5) is 0 Å². The standard InChI is InChI=1S/C34H51N7O10/c1-5-17(6-2)27(40-16(4)42)26-24(41-34(36)37)10-22(30(26)45)32(47)50-14-51-33(48)23(35)11-25(43)49-12-18-9-21(31(46)29(18)44)20-8-7-19-15(3)38-13-39-28(19)20/h8,13,17-18,21-24,26-27,29-31,44-46H,5-7,9-12,14,35H2,1-4H3,(H,40,42)(H4,36,37,41)/t18-,21+,22+,23?,24-,26-,27+,29-,30-,31+/m1/s1. The van der Waals surface area contributed by atoms with Gasteiger partial charge >= 0.3 is 17.9 Å². The van der Waals surface area contributed by atoms with Gasteiger partial charge in [-0.15, -0.1) is 0 Å². The molecule has 51 heavy (non-hydrogen) atoms. The molecule has 10 N–H and O–H groups in total. The number of rotatable bonds is 15. The van der Waals surface area contributed by atoms with Gasteiger partial charge in [-0.05, 0) is 37.7 Å². The second-order valence-corrected chi connectivity index (χ2v) is 13.6. The van der Waals surface area contributed by atoms with Crippen LogP contribution in [0.2, 0.25) is 0 Å². The Hall–Kier alpha value is -4.19. The highest BCUT2D eigenvalue weighted by molar-refractivity contribution is 5.82. The summed E-state index contributed by atoms with van der Waals surface area (Å²) in [4.78, 5) is 63.0. The lowest BCUT2D eigenvalue weighted by molar-refractivity contribution is -0.174. The summed E-state index contributed by atoms with van der Waals surface area (Å²) in [5, 5.41) is 35.7. The van der Waals surface area contributed by atoms with E-state index < -0.39 is 91.2 Å². The summed E-state index contributed by atoms with van der Waals surface area (Å²) >= 11 is 0. The molecule has 0 aromatic carbocycles. The first kappa shape index (κ1) is 39.6. The molecule has 1 aromatic rings. The van der Waals surface area contributed by atoms with E-state index in [9.17, 15) is 34.5 Å². The monoisotopic (exact) mass is 717 g/mol. The number of nitrogens with two attached hydrogens (primary N) is 3. The third kappa shape index (κ3) is 9.19. The maximum Gasteiger partial charge on any atom is 0.326 e. The number of carbonyl (C=O) groups excluding carboxylic acids is 4. The molecule has 10 atom stereocenters. The molecule has 17 nitrogen and oxygen atoms in total. The number of guanidine groups is 1. The van der Waals surface area contributed by atoms with Crippen molar-refractivity contribution < 1.29 is 48.7 Å². The summed E-state index contributed by atoms with van der Waals surface area (Å²) < 4.78 is 15.4. The van der Waals surface area contributed by atoms with E-state index in [0.29, 0.717) is 25.7 Å². The summed E-state index contributed by atoms with van der Waals surface area (Å²) in [7, 11) is 0. The van der Waals surface area contributed by atoms with Crippen LogP contribution in [-0.2, 0) is 39.8 Å². The van der Waals surface area contributed by atoms with Gasteiger partial charge in [-0.1, -0.05) is 32.8 Å². The summed E-state index contributed by atoms with van der Waals surface area (Å²) in [5.41, 5.74) is 20.5. The molecule has 1 aromatic heterocycles. The van der Waals surface area contributed by atoms with E-state index in [1.165, 1.54) is 13.3 Å². The Bertz CT molecular complexity index is 1500. The van der Waals surface area contributed by atoms with Gasteiger partial charge in [-0.2, -0.15) is 0 Å². The Morgan fingerprint density at radius 1 is 1.02 bits per heavy atom. The normalized spacial score (nSPS) is 28.0. The van der Waals surface area contributed by atoms with Gasteiger partial charge in [0.25, 0.3) is 0 Å². The first-order valence-corrected chi connectivity index (χ1v) is 17.3. The van der Waals surface area contributed by atoms with Gasteiger partial charge in [0.15, 0.2) is 5.96 Å². The quantitative estimate of drug-likeness (QED) is 0.0494. The zero-order valence-electron chi connectivity index (χ0n) is 29.4. The van der Waals surface area contributed by atoms with E-state index in [1.807, 2.05) is 26.8 Å². The van der Waals surface area contributed by atoms with Gasteiger partial charge in [0.1, 0.15) is 12.4 Å². The van der Waals surface area contributed by atoms with Gasteiger partial charge in [-0.25, -0.2) is 15.0 Å². The number of allylic oxidation sites excluding steroid dienone is 1. The van der Waals surface area contributed by atoms with Crippen molar-refractivity contribution in [3.8, 4) is 0 Å². The van der Waals surface area contributed by atoms with E-state index in [2.05, 4.69) is 20.3 Å². The molecule has 1 heterocycles. The lowest BCUT2D eigenvalue weighted by Crippen LogP contribution is -2.51. The Morgan fingerprint density at radius 2 is 1.73 bits per heavy atom. The molecule has 1 amide bonds. The Balaban J connectivity index is 1.25. The molecule has 17 heteroatoms. The molecular formula is C34H51N7O10. The maximum atomic E-state index is 13.0. The fourth-order valence-electron chi connectivity index (χ4n) is 7.74. The number of nitrogens with zero attached hydrogens (tertiary/aromatic N) is 3. The van der Waals surface area contributed by atoms with Gasteiger partial charge in [-0.3, -0.25) is 19.2 Å². The zero-order chi connectivity index (χ0) is 37.6. The largest absolute Gasteiger partial charge is 0.465 e. The van der Waals surface area contributed by atoms with Crippen molar-refractivity contribution >= 4 is 35.3 Å². The van der Waals surface area contributed by atoms with Gasteiger partial charge < -0.3 is 52.0 Å². The number of nitrogens with one attached hydrogen (secondary N) is 1. The number of aryl methyl sites for hydroxylation is 1. The van der Waals surface area contributed by atoms with Crippen molar-refractivity contribution in [1.82, 2.24) is 15.3 Å². The number of hydrogen-bond donors (Lipinski definition) is 7. The van der Waals surface area contributed by atoms with Gasteiger partial charge in [0.2, 0.25) is 12.7 Å². The van der Waals surface area contributed by atoms with Crippen molar-refractivity contribution in [2.24, 2.45) is 51.8 Å². The number of fused-ring (bicyclic) bond motifs is 1. The highest BCUT2D eigenvalue weighted by Gasteiger charge is 2.51. The lowest BCUT2D eigenvalue weighted by Gasteiger charge is -2.35. The molecule has 2 saturated carbocycles. The van der Waals surface area contributed by atoms with Crippen molar-refractivity contribution in [2.45, 2.75) is 103 Å². The molecule has 0 radical (unpaired) electrons. The summed E-state index contributed by atoms with van der Waals surface area (Å²) in [6.07, 6.45) is 1.73. The average molecular weight is 718 g/mol. The summed E-state index contributed by atoms with van der Waals surface area (Å²) in [5.74, 6) is -6.07. The first-order valence-electron chi connectivity index (χ1n) is 17.3. The van der Waals surface area contributed by atoms with E-state index in [0.717, 1.165) is 22.5 Å². The fourth-order valence-corrected chi connectivity index (χ4v) is 7.74. The highest BCUT2D eigenvalue weighted by Crippen LogP contribution is 2.44. The summed E-state index contributed by atoms with van der Waals surface area (Å²) in [6, 6.07) is -2.67. The zero-order valence-corrected chi connectivity index (χ0v) is 29.4. The molecule has 3 aliphatic rings. The van der Waals surface area contributed by atoms with Crippen molar-refractivity contribution in [3.63, 3.8) is 0 Å². The number of ether oxygens (including phenoxy) is 3. The minimum Gasteiger partial charge on any atom is -0.465 e. The molecule has 0 bridgehead atoms. The van der Waals surface area contributed by atoms with Crippen molar-refractivity contribution in [2.75, 3.05) is 13.4 Å². The minimum atomic E-state index is -1.45. The van der Waals surface area contributed by atoms with Gasteiger partial charge in [0, 0.05) is 42.0 Å². The van der Waals surface area contributed by atoms with Crippen LogP contribution in [0.3, 0.4) is 0 Å². The van der Waals surface area contributed by atoms with E-state index in [-0.39, 0.29) is 30.8 Å². The minimum absolute atomic E-state index is 0.0184. The SMILES string of the molecule is CCC(CC)[C@H](NC(C)=O)[C@@H]1[C@H](O)[C@@H](C(=O)OCOC(=O)C(N)CC(=O)OC[C@H]2C[C@@H](C3=CCc4c(C)ncnc43)[C@H](O)[C@@H]2O)C[C@H]1N=C(N)N. The Morgan fingerprint density at radius 3 is 2.37 bits per heavy atom. The van der Waals surface area contributed by atoms with E-state index >= 15 is 0 Å². The number of amides is 1. The molecule has 2 fully saturated rings. The Labute approximate surface area is 296 Å². The second-order valence-electron chi connectivity index (χ2n) is 13.6. The molecule has 1 unspecified atom stereocenters. The van der Waals surface area contributed by atoms with Crippen LogP contribution in [0.15, 0.2) is 17.4 Å². The predicted octanol–water partition coefficient (Wildman–Crippen LogP) is -1.03. The Kier molecular flexibility index (Phi) is 13.5. The molecule has 0 aliphatic heterocycles. The first-order chi connectivity index (χ1) is 24.2. The van der Waals surface area contributed by atoms with Crippen LogP contribution in [0.1, 0.15) is 69.8 Å². The van der Waals surface area contributed by atoms with Crippen LogP contribution in [0.25, 0.3) is 5.57 Å². The second kappa shape index (κ2) is 17.4. The van der Waals surface area contributed by atoms with Crippen LogP contribution >= 0.6 is 0 Å². The fraction of sp³-hybridized carbons (Fsp3) is 0.676. The lowest BCUT2D eigenvalue weighted by atomic mass is 9.80. The average Bonchev–Trinajstić information content (AvgIpc) is 3.73. The predicted molar refractivity (Wildman–Crippen MR) is 182 cm³/mol. The number of carbonyl (C=O) groups is 4. The molecule has 0 spiro atoms.